The van der Waals surface area contributed by atoms with Crippen molar-refractivity contribution in [3.63, 3.8) is 0 Å². The van der Waals surface area contributed by atoms with Crippen LogP contribution in [0.2, 0.25) is 0 Å². The molecule has 0 N–H and O–H groups in total. The highest BCUT2D eigenvalue weighted by atomic mass is 16.6. The number of rotatable bonds is 3. The van der Waals surface area contributed by atoms with Crippen molar-refractivity contribution in [3.05, 3.63) is 48.2 Å². The van der Waals surface area contributed by atoms with Crippen LogP contribution in [0.5, 0.6) is 5.75 Å². The smallest absolute Gasteiger partial charge is 0.128 e. The third-order valence-electron chi connectivity index (χ3n) is 2.82. The molecule has 3 heteroatoms. The minimum atomic E-state index is 0.185. The van der Waals surface area contributed by atoms with E-state index in [-0.39, 0.29) is 6.10 Å². The molecule has 2 heterocycles. The minimum Gasteiger partial charge on any atom is -0.496 e. The molecule has 0 saturated carbocycles. The van der Waals surface area contributed by atoms with Crippen LogP contribution < -0.4 is 4.74 Å². The van der Waals surface area contributed by atoms with E-state index < -0.39 is 0 Å². The summed E-state index contributed by atoms with van der Waals surface area (Å²) in [5, 5.41) is 0. The first-order valence-electron chi connectivity index (χ1n) is 5.60. The Bertz CT molecular complexity index is 535. The molecule has 1 aromatic heterocycles. The molecule has 1 saturated heterocycles. The molecule has 17 heavy (non-hydrogen) atoms. The number of hydrogen-bond acceptors (Lipinski definition) is 3. The second-order valence-electron chi connectivity index (χ2n) is 3.97. The predicted molar refractivity (Wildman–Crippen MR) is 64.9 cm³/mol. The van der Waals surface area contributed by atoms with Crippen LogP contribution in [0.3, 0.4) is 0 Å². The van der Waals surface area contributed by atoms with E-state index in [0.29, 0.717) is 0 Å². The summed E-state index contributed by atoms with van der Waals surface area (Å²) in [6, 6.07) is 13.9. The zero-order valence-electron chi connectivity index (χ0n) is 9.59. The van der Waals surface area contributed by atoms with Gasteiger partial charge in [0.05, 0.1) is 25.1 Å². The summed E-state index contributed by atoms with van der Waals surface area (Å²) in [5.41, 5.74) is 2.93. The molecule has 3 nitrogen and oxygen atoms in total. The van der Waals surface area contributed by atoms with Gasteiger partial charge in [0.2, 0.25) is 0 Å². The second-order valence-corrected chi connectivity index (χ2v) is 3.97. The number of para-hydroxylation sites is 1. The first-order valence-corrected chi connectivity index (χ1v) is 5.60. The Morgan fingerprint density at radius 3 is 2.76 bits per heavy atom. The topological polar surface area (TPSA) is 34.6 Å². The van der Waals surface area contributed by atoms with Gasteiger partial charge in [0.1, 0.15) is 11.9 Å². The summed E-state index contributed by atoms with van der Waals surface area (Å²) in [6.45, 7) is 0.780. The number of pyridine rings is 1. The standard InChI is InChI=1S/C14H13NO2/c1-16-13-8-3-2-5-10(13)11-6-4-7-12(15-11)14-9-17-14/h2-8,14H,9H2,1H3. The van der Waals surface area contributed by atoms with Gasteiger partial charge in [0.25, 0.3) is 0 Å². The lowest BCUT2D eigenvalue weighted by molar-refractivity contribution is 0.411. The number of hydrogen-bond donors (Lipinski definition) is 0. The van der Waals surface area contributed by atoms with Gasteiger partial charge in [0, 0.05) is 5.56 Å². The van der Waals surface area contributed by atoms with Crippen molar-refractivity contribution in [3.8, 4) is 17.0 Å². The maximum atomic E-state index is 5.34. The molecule has 0 radical (unpaired) electrons. The van der Waals surface area contributed by atoms with E-state index in [1.165, 1.54) is 0 Å². The maximum Gasteiger partial charge on any atom is 0.128 e. The Balaban J connectivity index is 2.04. The molecule has 1 aliphatic rings. The van der Waals surface area contributed by atoms with Crippen LogP contribution in [0.1, 0.15) is 11.8 Å². The Labute approximate surface area is 100 Å². The third-order valence-corrected chi connectivity index (χ3v) is 2.82. The lowest BCUT2D eigenvalue weighted by atomic mass is 10.1. The average molecular weight is 227 g/mol. The molecule has 0 amide bonds. The van der Waals surface area contributed by atoms with Crippen LogP contribution >= 0.6 is 0 Å². The number of methoxy groups -OCH3 is 1. The minimum absolute atomic E-state index is 0.185. The molecule has 2 aromatic rings. The number of aromatic nitrogens is 1. The lowest BCUT2D eigenvalue weighted by Crippen LogP contribution is -1.93. The van der Waals surface area contributed by atoms with Gasteiger partial charge in [-0.15, -0.1) is 0 Å². The summed E-state index contributed by atoms with van der Waals surface area (Å²) in [5.74, 6) is 0.842. The molecule has 1 aromatic carbocycles. The van der Waals surface area contributed by atoms with Gasteiger partial charge in [-0.2, -0.15) is 0 Å². The van der Waals surface area contributed by atoms with Gasteiger partial charge in [-0.3, -0.25) is 0 Å². The van der Waals surface area contributed by atoms with E-state index in [1.54, 1.807) is 7.11 Å². The molecule has 1 unspecified atom stereocenters. The Kier molecular flexibility index (Phi) is 2.53. The van der Waals surface area contributed by atoms with Crippen molar-refractivity contribution >= 4 is 0 Å². The van der Waals surface area contributed by atoms with Crippen molar-refractivity contribution in [2.75, 3.05) is 13.7 Å². The van der Waals surface area contributed by atoms with Crippen molar-refractivity contribution in [1.29, 1.82) is 0 Å². The molecular weight excluding hydrogens is 214 g/mol. The van der Waals surface area contributed by atoms with E-state index in [1.807, 2.05) is 42.5 Å². The van der Waals surface area contributed by atoms with Gasteiger partial charge < -0.3 is 9.47 Å². The summed E-state index contributed by atoms with van der Waals surface area (Å²) >= 11 is 0. The van der Waals surface area contributed by atoms with E-state index in [2.05, 4.69) is 4.98 Å². The van der Waals surface area contributed by atoms with Crippen LogP contribution in [0.25, 0.3) is 11.3 Å². The first-order chi connectivity index (χ1) is 8.38. The highest BCUT2D eigenvalue weighted by molar-refractivity contribution is 5.67. The number of epoxide rings is 1. The average Bonchev–Trinajstić information content (AvgIpc) is 3.23. The number of ether oxygens (including phenoxy) is 2. The van der Waals surface area contributed by atoms with E-state index in [0.717, 1.165) is 29.3 Å². The summed E-state index contributed by atoms with van der Waals surface area (Å²) < 4.78 is 10.6. The molecule has 0 bridgehead atoms. The molecule has 0 aliphatic carbocycles. The fourth-order valence-corrected chi connectivity index (χ4v) is 1.86. The van der Waals surface area contributed by atoms with Gasteiger partial charge in [-0.05, 0) is 24.3 Å². The SMILES string of the molecule is COc1ccccc1-c1cccc(C2CO2)n1. The fourth-order valence-electron chi connectivity index (χ4n) is 1.86. The van der Waals surface area contributed by atoms with Crippen LogP contribution in [0, 0.1) is 0 Å². The second kappa shape index (κ2) is 4.18. The largest absolute Gasteiger partial charge is 0.496 e. The Hall–Kier alpha value is -1.87. The molecule has 1 atom stereocenters. The molecule has 1 fully saturated rings. The van der Waals surface area contributed by atoms with Crippen molar-refractivity contribution in [1.82, 2.24) is 4.98 Å². The summed E-state index contributed by atoms with van der Waals surface area (Å²) in [4.78, 5) is 4.61. The molecule has 86 valence electrons. The molecule has 3 rings (SSSR count). The Morgan fingerprint density at radius 2 is 2.00 bits per heavy atom. The molecule has 1 aliphatic heterocycles. The molecular formula is C14H13NO2. The van der Waals surface area contributed by atoms with Crippen molar-refractivity contribution in [2.24, 2.45) is 0 Å². The maximum absolute atomic E-state index is 5.34. The van der Waals surface area contributed by atoms with Crippen LogP contribution in [-0.4, -0.2) is 18.7 Å². The van der Waals surface area contributed by atoms with Crippen molar-refractivity contribution < 1.29 is 9.47 Å². The predicted octanol–water partition coefficient (Wildman–Crippen LogP) is 2.83. The van der Waals surface area contributed by atoms with Gasteiger partial charge >= 0.3 is 0 Å². The highest BCUT2D eigenvalue weighted by Gasteiger charge is 2.26. The van der Waals surface area contributed by atoms with Gasteiger partial charge in [0.15, 0.2) is 0 Å². The molecule has 0 spiro atoms. The van der Waals surface area contributed by atoms with Crippen LogP contribution in [0.15, 0.2) is 42.5 Å². The lowest BCUT2D eigenvalue weighted by Gasteiger charge is -2.08. The zero-order valence-corrected chi connectivity index (χ0v) is 9.59. The van der Waals surface area contributed by atoms with E-state index >= 15 is 0 Å². The quantitative estimate of drug-likeness (QED) is 0.756. The zero-order chi connectivity index (χ0) is 11.7. The van der Waals surface area contributed by atoms with Crippen LogP contribution in [0.4, 0.5) is 0 Å². The Morgan fingerprint density at radius 1 is 1.18 bits per heavy atom. The normalized spacial score (nSPS) is 17.8. The fraction of sp³-hybridized carbons (Fsp3) is 0.214. The van der Waals surface area contributed by atoms with E-state index in [4.69, 9.17) is 9.47 Å². The van der Waals surface area contributed by atoms with Gasteiger partial charge in [-0.25, -0.2) is 4.98 Å². The summed E-state index contributed by atoms with van der Waals surface area (Å²) in [7, 11) is 1.67. The summed E-state index contributed by atoms with van der Waals surface area (Å²) in [6.07, 6.45) is 0.185. The van der Waals surface area contributed by atoms with Gasteiger partial charge in [-0.1, -0.05) is 18.2 Å². The number of nitrogens with zero attached hydrogens (tertiary/aromatic N) is 1. The number of benzene rings is 1. The van der Waals surface area contributed by atoms with E-state index in [9.17, 15) is 0 Å². The first kappa shape index (κ1) is 10.3. The monoisotopic (exact) mass is 227 g/mol. The highest BCUT2D eigenvalue weighted by Crippen LogP contribution is 2.32. The van der Waals surface area contributed by atoms with Crippen molar-refractivity contribution in [2.45, 2.75) is 6.10 Å². The van der Waals surface area contributed by atoms with Crippen LogP contribution in [-0.2, 0) is 4.74 Å². The third kappa shape index (κ3) is 2.01.